The van der Waals surface area contributed by atoms with Gasteiger partial charge in [0.1, 0.15) is 0 Å². The molecule has 0 unspecified atom stereocenters. The number of amides is 2. The minimum Gasteiger partial charge on any atom is -0.335 e. The van der Waals surface area contributed by atoms with Gasteiger partial charge in [-0.15, -0.1) is 0 Å². The van der Waals surface area contributed by atoms with Gasteiger partial charge < -0.3 is 9.80 Å². The van der Waals surface area contributed by atoms with Gasteiger partial charge in [-0.2, -0.15) is 11.3 Å². The van der Waals surface area contributed by atoms with Gasteiger partial charge in [0.25, 0.3) is 0 Å². The number of carbonyl (C=O) groups excluding carboxylic acids is 2. The first-order valence-corrected chi connectivity index (χ1v) is 11.4. The molecule has 0 aromatic carbocycles. The van der Waals surface area contributed by atoms with Crippen LogP contribution in [0.2, 0.25) is 0 Å². The molecule has 8 heteroatoms. The standard InChI is InChI=1S/C17H24N2O4S2/c1-12(2)17(21)19-7-6-18(14-10-25(22,23)11-15(14)19)16(20)4-3-13-5-8-24-9-13/h5,8-9,12,14-15H,3-4,6-7,10-11H2,1-2H3/t14-,15+/m1/s1. The van der Waals surface area contributed by atoms with Crippen molar-refractivity contribution >= 4 is 33.0 Å². The summed E-state index contributed by atoms with van der Waals surface area (Å²) in [4.78, 5) is 28.5. The van der Waals surface area contributed by atoms with Gasteiger partial charge in [-0.1, -0.05) is 13.8 Å². The van der Waals surface area contributed by atoms with Crippen LogP contribution in [0.3, 0.4) is 0 Å². The summed E-state index contributed by atoms with van der Waals surface area (Å²) >= 11 is 1.60. The Morgan fingerprint density at radius 2 is 1.84 bits per heavy atom. The highest BCUT2D eigenvalue weighted by Crippen LogP contribution is 2.28. The molecule has 25 heavy (non-hydrogen) atoms. The van der Waals surface area contributed by atoms with E-state index in [9.17, 15) is 18.0 Å². The lowest BCUT2D eigenvalue weighted by molar-refractivity contribution is -0.147. The molecule has 0 bridgehead atoms. The Labute approximate surface area is 152 Å². The average molecular weight is 385 g/mol. The second kappa shape index (κ2) is 7.07. The van der Waals surface area contributed by atoms with Gasteiger partial charge in [0, 0.05) is 25.4 Å². The first kappa shape index (κ1) is 18.4. The maximum Gasteiger partial charge on any atom is 0.225 e. The van der Waals surface area contributed by atoms with Crippen LogP contribution in [-0.2, 0) is 25.8 Å². The molecule has 2 amide bonds. The number of fused-ring (bicyclic) bond motifs is 1. The van der Waals surface area contributed by atoms with E-state index in [4.69, 9.17) is 0 Å². The number of rotatable bonds is 4. The molecule has 6 nitrogen and oxygen atoms in total. The molecule has 3 heterocycles. The van der Waals surface area contributed by atoms with E-state index in [1.807, 2.05) is 30.7 Å². The molecule has 2 fully saturated rings. The number of hydrogen-bond donors (Lipinski definition) is 0. The van der Waals surface area contributed by atoms with E-state index in [-0.39, 0.29) is 29.2 Å². The normalized spacial score (nSPS) is 25.2. The molecule has 1 aromatic rings. The van der Waals surface area contributed by atoms with Crippen LogP contribution in [0.1, 0.15) is 25.8 Å². The van der Waals surface area contributed by atoms with E-state index in [1.165, 1.54) is 0 Å². The third-order valence-corrected chi connectivity index (χ3v) is 7.41. The van der Waals surface area contributed by atoms with Gasteiger partial charge in [0.05, 0.1) is 23.6 Å². The monoisotopic (exact) mass is 384 g/mol. The Morgan fingerprint density at radius 1 is 1.20 bits per heavy atom. The quantitative estimate of drug-likeness (QED) is 0.781. The number of hydrogen-bond acceptors (Lipinski definition) is 5. The largest absolute Gasteiger partial charge is 0.335 e. The summed E-state index contributed by atoms with van der Waals surface area (Å²) in [5, 5.41) is 4.00. The van der Waals surface area contributed by atoms with Gasteiger partial charge in [0.2, 0.25) is 11.8 Å². The van der Waals surface area contributed by atoms with E-state index in [0.29, 0.717) is 25.9 Å². The first-order valence-electron chi connectivity index (χ1n) is 8.60. The molecule has 138 valence electrons. The number of thiophene rings is 1. The molecule has 1 aromatic heterocycles. The number of aryl methyl sites for hydroxylation is 1. The predicted octanol–water partition coefficient (Wildman–Crippen LogP) is 1.17. The third-order valence-electron chi connectivity index (χ3n) is 4.98. The SMILES string of the molecule is CC(C)C(=O)N1CCN(C(=O)CCc2ccsc2)[C@@H]2CS(=O)(=O)C[C@@H]21. The predicted molar refractivity (Wildman–Crippen MR) is 97.1 cm³/mol. The fourth-order valence-electron chi connectivity index (χ4n) is 3.70. The number of nitrogens with zero attached hydrogens (tertiary/aromatic N) is 2. The highest BCUT2D eigenvalue weighted by Gasteiger charge is 2.49. The van der Waals surface area contributed by atoms with Crippen molar-refractivity contribution in [3.8, 4) is 0 Å². The van der Waals surface area contributed by atoms with Crippen molar-refractivity contribution in [2.75, 3.05) is 24.6 Å². The second-order valence-corrected chi connectivity index (χ2v) is 10.1. The average Bonchev–Trinajstić information content (AvgIpc) is 3.16. The fourth-order valence-corrected chi connectivity index (χ4v) is 6.38. The molecular formula is C17H24N2O4S2. The van der Waals surface area contributed by atoms with Crippen LogP contribution in [0.15, 0.2) is 16.8 Å². The summed E-state index contributed by atoms with van der Waals surface area (Å²) in [5.41, 5.74) is 1.13. The zero-order valence-electron chi connectivity index (χ0n) is 14.6. The van der Waals surface area contributed by atoms with Gasteiger partial charge in [-0.25, -0.2) is 8.42 Å². The molecule has 0 spiro atoms. The van der Waals surface area contributed by atoms with E-state index >= 15 is 0 Å². The molecule has 0 saturated carbocycles. The maximum atomic E-state index is 12.7. The summed E-state index contributed by atoms with van der Waals surface area (Å²) in [6.45, 7) is 4.47. The molecule has 3 rings (SSSR count). The number of sulfone groups is 1. The Bertz CT molecular complexity index is 743. The second-order valence-electron chi connectivity index (χ2n) is 7.12. The maximum absolute atomic E-state index is 12.7. The van der Waals surface area contributed by atoms with Gasteiger partial charge in [0.15, 0.2) is 9.84 Å². The number of carbonyl (C=O) groups is 2. The topological polar surface area (TPSA) is 74.8 Å². The highest BCUT2D eigenvalue weighted by molar-refractivity contribution is 7.91. The van der Waals surface area contributed by atoms with Crippen LogP contribution in [0.4, 0.5) is 0 Å². The summed E-state index contributed by atoms with van der Waals surface area (Å²) in [6.07, 6.45) is 1.04. The van der Waals surface area contributed by atoms with E-state index < -0.39 is 21.9 Å². The minimum absolute atomic E-state index is 0.0186. The Hall–Kier alpha value is -1.41. The van der Waals surface area contributed by atoms with Gasteiger partial charge in [-0.3, -0.25) is 9.59 Å². The van der Waals surface area contributed by atoms with E-state index in [1.54, 1.807) is 21.1 Å². The van der Waals surface area contributed by atoms with Crippen molar-refractivity contribution in [3.05, 3.63) is 22.4 Å². The molecule has 0 aliphatic carbocycles. The Balaban J connectivity index is 1.74. The zero-order chi connectivity index (χ0) is 18.2. The Kier molecular flexibility index (Phi) is 5.20. The summed E-state index contributed by atoms with van der Waals surface area (Å²) in [5.74, 6) is -0.300. The van der Waals surface area contributed by atoms with Crippen LogP contribution in [-0.4, -0.2) is 66.7 Å². The van der Waals surface area contributed by atoms with Gasteiger partial charge >= 0.3 is 0 Å². The van der Waals surface area contributed by atoms with Crippen molar-refractivity contribution < 1.29 is 18.0 Å². The lowest BCUT2D eigenvalue weighted by Crippen LogP contribution is -2.62. The number of piperazine rings is 1. The minimum atomic E-state index is -3.23. The molecular weight excluding hydrogens is 360 g/mol. The van der Waals surface area contributed by atoms with Crippen LogP contribution in [0, 0.1) is 5.92 Å². The lowest BCUT2D eigenvalue weighted by Gasteiger charge is -2.44. The molecule has 2 atom stereocenters. The highest BCUT2D eigenvalue weighted by atomic mass is 32.2. The van der Waals surface area contributed by atoms with Gasteiger partial charge in [-0.05, 0) is 28.8 Å². The molecule has 2 aliphatic heterocycles. The van der Waals surface area contributed by atoms with E-state index in [0.717, 1.165) is 5.56 Å². The molecule has 0 N–H and O–H groups in total. The van der Waals surface area contributed by atoms with Crippen molar-refractivity contribution in [3.63, 3.8) is 0 Å². The van der Waals surface area contributed by atoms with Crippen LogP contribution in [0.25, 0.3) is 0 Å². The third kappa shape index (κ3) is 3.89. The first-order chi connectivity index (χ1) is 11.8. The smallest absolute Gasteiger partial charge is 0.225 e. The van der Waals surface area contributed by atoms with Crippen LogP contribution < -0.4 is 0 Å². The molecule has 0 radical (unpaired) electrons. The van der Waals surface area contributed by atoms with Crippen molar-refractivity contribution in [2.24, 2.45) is 5.92 Å². The lowest BCUT2D eigenvalue weighted by atomic mass is 10.0. The molecule has 2 saturated heterocycles. The van der Waals surface area contributed by atoms with Crippen molar-refractivity contribution in [1.82, 2.24) is 9.80 Å². The van der Waals surface area contributed by atoms with Crippen molar-refractivity contribution in [1.29, 1.82) is 0 Å². The van der Waals surface area contributed by atoms with Crippen LogP contribution in [0.5, 0.6) is 0 Å². The molecule has 2 aliphatic rings. The zero-order valence-corrected chi connectivity index (χ0v) is 16.2. The Morgan fingerprint density at radius 3 is 2.44 bits per heavy atom. The summed E-state index contributed by atoms with van der Waals surface area (Å²) < 4.78 is 24.3. The van der Waals surface area contributed by atoms with Crippen LogP contribution >= 0.6 is 11.3 Å². The van der Waals surface area contributed by atoms with Crippen molar-refractivity contribution in [2.45, 2.75) is 38.8 Å². The van der Waals surface area contributed by atoms with E-state index in [2.05, 4.69) is 0 Å². The summed E-state index contributed by atoms with van der Waals surface area (Å²) in [6, 6.07) is 1.19. The fraction of sp³-hybridized carbons (Fsp3) is 0.647. The summed E-state index contributed by atoms with van der Waals surface area (Å²) in [7, 11) is -3.23.